The number of ketones is 1. The second kappa shape index (κ2) is 9.96. The van der Waals surface area contributed by atoms with Crippen LogP contribution in [0, 0.1) is 6.57 Å². The zero-order valence-corrected chi connectivity index (χ0v) is 19.5. The molecule has 1 unspecified atom stereocenters. The van der Waals surface area contributed by atoms with Crippen LogP contribution in [0.4, 0.5) is 10.5 Å². The first-order valence-electron chi connectivity index (χ1n) is 10.3. The van der Waals surface area contributed by atoms with Crippen molar-refractivity contribution in [2.45, 2.75) is 51.7 Å². The van der Waals surface area contributed by atoms with Crippen molar-refractivity contribution in [1.29, 1.82) is 0 Å². The predicted molar refractivity (Wildman–Crippen MR) is 126 cm³/mol. The lowest BCUT2D eigenvalue weighted by Crippen LogP contribution is -2.35. The Hall–Kier alpha value is -3.18. The molecule has 1 amide bonds. The van der Waals surface area contributed by atoms with Crippen LogP contribution in [-0.4, -0.2) is 33.9 Å². The number of aliphatic imine (C=N–C) groups is 1. The smallest absolute Gasteiger partial charge is 0.413 e. The topological polar surface area (TPSA) is 85.0 Å². The highest BCUT2D eigenvalue weighted by Gasteiger charge is 2.24. The van der Waals surface area contributed by atoms with E-state index in [-0.39, 0.29) is 18.2 Å². The number of pyridine rings is 1. The lowest BCUT2D eigenvalue weighted by Gasteiger charge is -2.20. The summed E-state index contributed by atoms with van der Waals surface area (Å²) in [5.74, 6) is -0.101. The molecule has 1 aromatic carbocycles. The Balaban J connectivity index is 1.74. The number of alkyl carbamates (subject to hydrolysis) is 1. The van der Waals surface area contributed by atoms with Crippen molar-refractivity contribution in [3.05, 3.63) is 70.3 Å². The third-order valence-electron chi connectivity index (χ3n) is 4.86. The molecule has 1 aromatic heterocycles. The fourth-order valence-electron chi connectivity index (χ4n) is 3.44. The fraction of sp³-hybridized carbons (Fsp3) is 0.375. The van der Waals surface area contributed by atoms with Crippen molar-refractivity contribution in [3.8, 4) is 0 Å². The lowest BCUT2D eigenvalue weighted by molar-refractivity contribution is 0.0564. The summed E-state index contributed by atoms with van der Waals surface area (Å²) in [7, 11) is 0. The van der Waals surface area contributed by atoms with Gasteiger partial charge >= 0.3 is 6.09 Å². The molecule has 0 aliphatic heterocycles. The standard InChI is InChI=1S/C24H26N4O3S/c1-24(2,3)31-23(30)28-22(32-5)27-19-10-8-16-7-6-15(12-18(16)19)13-21(29)20-11-9-17(25-4)14-26-20/h6-7,9,11-12,14,19H,8,10,13H2,1-3,5H3,(H,27,28,30). The first kappa shape index (κ1) is 23.5. The molecule has 2 aromatic rings. The average Bonchev–Trinajstić information content (AvgIpc) is 3.14. The molecule has 3 rings (SSSR count). The van der Waals surface area contributed by atoms with Gasteiger partial charge in [0, 0.05) is 12.6 Å². The van der Waals surface area contributed by atoms with E-state index in [1.165, 1.54) is 23.5 Å². The number of carbonyl (C=O) groups is 2. The number of thioether (sulfide) groups is 1. The molecule has 1 atom stereocenters. The second-order valence-corrected chi connectivity index (χ2v) is 9.26. The molecular formula is C24H26N4O3S. The van der Waals surface area contributed by atoms with Crippen LogP contribution in [-0.2, 0) is 17.6 Å². The molecule has 8 heteroatoms. The van der Waals surface area contributed by atoms with Crippen LogP contribution in [0.3, 0.4) is 0 Å². The monoisotopic (exact) mass is 450 g/mol. The van der Waals surface area contributed by atoms with Gasteiger partial charge in [-0.3, -0.25) is 20.1 Å². The molecule has 0 saturated carbocycles. The zero-order valence-electron chi connectivity index (χ0n) is 18.6. The molecule has 7 nitrogen and oxygen atoms in total. The van der Waals surface area contributed by atoms with E-state index in [1.807, 2.05) is 45.2 Å². The highest BCUT2D eigenvalue weighted by molar-refractivity contribution is 8.13. The maximum Gasteiger partial charge on any atom is 0.413 e. The van der Waals surface area contributed by atoms with Crippen molar-refractivity contribution in [2.75, 3.05) is 6.26 Å². The van der Waals surface area contributed by atoms with Crippen molar-refractivity contribution >= 4 is 34.5 Å². The van der Waals surface area contributed by atoms with Gasteiger partial charge in [-0.2, -0.15) is 0 Å². The number of nitrogens with zero attached hydrogens (tertiary/aromatic N) is 3. The highest BCUT2D eigenvalue weighted by atomic mass is 32.2. The Morgan fingerprint density at radius 2 is 2.09 bits per heavy atom. The number of rotatable bonds is 4. The molecule has 1 heterocycles. The average molecular weight is 451 g/mol. The van der Waals surface area contributed by atoms with Crippen LogP contribution in [0.15, 0.2) is 41.5 Å². The van der Waals surface area contributed by atoms with E-state index in [9.17, 15) is 9.59 Å². The lowest BCUT2D eigenvalue weighted by atomic mass is 10.0. The van der Waals surface area contributed by atoms with Gasteiger partial charge in [0.05, 0.1) is 12.6 Å². The summed E-state index contributed by atoms with van der Waals surface area (Å²) in [6.07, 6.45) is 4.69. The van der Waals surface area contributed by atoms with Crippen LogP contribution < -0.4 is 5.32 Å². The molecule has 0 bridgehead atoms. The van der Waals surface area contributed by atoms with E-state index in [4.69, 9.17) is 16.3 Å². The Labute approximate surface area is 192 Å². The highest BCUT2D eigenvalue weighted by Crippen LogP contribution is 2.35. The predicted octanol–water partition coefficient (Wildman–Crippen LogP) is 5.29. The van der Waals surface area contributed by atoms with Crippen LogP contribution in [0.25, 0.3) is 4.85 Å². The molecule has 0 radical (unpaired) electrons. The Bertz CT molecular complexity index is 1080. The minimum absolute atomic E-state index is 0.0893. The number of amides is 1. The second-order valence-electron chi connectivity index (χ2n) is 8.47. The van der Waals surface area contributed by atoms with Gasteiger partial charge in [0.2, 0.25) is 5.69 Å². The van der Waals surface area contributed by atoms with Gasteiger partial charge in [-0.05, 0) is 62.6 Å². The number of ether oxygens (including phenoxy) is 1. The van der Waals surface area contributed by atoms with Crippen molar-refractivity contribution in [2.24, 2.45) is 4.99 Å². The van der Waals surface area contributed by atoms with Gasteiger partial charge < -0.3 is 4.74 Å². The summed E-state index contributed by atoms with van der Waals surface area (Å²) in [5.41, 5.74) is 3.33. The third kappa shape index (κ3) is 6.17. The number of nitrogens with one attached hydrogen (secondary N) is 1. The first-order valence-corrected chi connectivity index (χ1v) is 11.5. The molecule has 0 fully saturated rings. The molecule has 1 aliphatic carbocycles. The van der Waals surface area contributed by atoms with Crippen LogP contribution >= 0.6 is 11.8 Å². The van der Waals surface area contributed by atoms with Crippen molar-refractivity contribution in [1.82, 2.24) is 10.3 Å². The van der Waals surface area contributed by atoms with E-state index < -0.39 is 11.7 Å². The number of hydrogen-bond acceptors (Lipinski definition) is 6. The molecule has 0 saturated heterocycles. The first-order chi connectivity index (χ1) is 15.2. The largest absolute Gasteiger partial charge is 0.444 e. The summed E-state index contributed by atoms with van der Waals surface area (Å²) in [6, 6.07) is 9.13. The van der Waals surface area contributed by atoms with E-state index in [1.54, 1.807) is 12.1 Å². The summed E-state index contributed by atoms with van der Waals surface area (Å²) < 4.78 is 5.32. The molecule has 0 spiro atoms. The third-order valence-corrected chi connectivity index (χ3v) is 5.45. The number of fused-ring (bicyclic) bond motifs is 1. The van der Waals surface area contributed by atoms with Gasteiger partial charge in [-0.15, -0.1) is 0 Å². The Kier molecular flexibility index (Phi) is 7.31. The van der Waals surface area contributed by atoms with Crippen molar-refractivity contribution in [3.63, 3.8) is 0 Å². The summed E-state index contributed by atoms with van der Waals surface area (Å²) in [6.45, 7) is 12.4. The SMILES string of the molecule is [C-]#[N+]c1ccc(C(=O)Cc2ccc3c(c2)C(N=C(NC(=O)OC(C)(C)C)SC)CC3)nc1. The van der Waals surface area contributed by atoms with E-state index in [2.05, 4.69) is 15.1 Å². The van der Waals surface area contributed by atoms with Gasteiger partial charge in [0.25, 0.3) is 0 Å². The molecule has 32 heavy (non-hydrogen) atoms. The van der Waals surface area contributed by atoms with Gasteiger partial charge in [-0.1, -0.05) is 36.0 Å². The molecule has 166 valence electrons. The van der Waals surface area contributed by atoms with Gasteiger partial charge in [-0.25, -0.2) is 9.64 Å². The fourth-order valence-corrected chi connectivity index (χ4v) is 3.85. The number of hydrogen-bond donors (Lipinski definition) is 1. The van der Waals surface area contributed by atoms with Gasteiger partial charge in [0.1, 0.15) is 11.3 Å². The number of carbonyl (C=O) groups excluding carboxylic acids is 2. The maximum atomic E-state index is 12.6. The number of amidine groups is 1. The maximum absolute atomic E-state index is 12.6. The molecule has 1 N–H and O–H groups in total. The van der Waals surface area contributed by atoms with Gasteiger partial charge in [0.15, 0.2) is 11.0 Å². The Morgan fingerprint density at radius 1 is 1.31 bits per heavy atom. The minimum Gasteiger partial charge on any atom is -0.444 e. The molecular weight excluding hydrogens is 424 g/mol. The number of Topliss-reactive ketones (excluding diaryl/α,β-unsaturated/α-hetero) is 1. The quantitative estimate of drug-likeness (QED) is 0.296. The summed E-state index contributed by atoms with van der Waals surface area (Å²) in [5, 5.41) is 3.23. The minimum atomic E-state index is -0.583. The number of aromatic nitrogens is 1. The Morgan fingerprint density at radius 3 is 2.72 bits per heavy atom. The van der Waals surface area contributed by atoms with Crippen molar-refractivity contribution < 1.29 is 14.3 Å². The van der Waals surface area contributed by atoms with E-state index in [0.29, 0.717) is 16.5 Å². The van der Waals surface area contributed by atoms with E-state index >= 15 is 0 Å². The van der Waals surface area contributed by atoms with E-state index in [0.717, 1.165) is 24.0 Å². The summed E-state index contributed by atoms with van der Waals surface area (Å²) in [4.78, 5) is 36.9. The molecule has 1 aliphatic rings. The van der Waals surface area contributed by atoms with Crippen LogP contribution in [0.1, 0.15) is 60.4 Å². The number of aryl methyl sites for hydroxylation is 1. The summed E-state index contributed by atoms with van der Waals surface area (Å²) >= 11 is 1.36. The number of benzene rings is 1. The zero-order chi connectivity index (χ0) is 23.3. The van der Waals surface area contributed by atoms with Crippen LogP contribution in [0.5, 0.6) is 0 Å². The van der Waals surface area contributed by atoms with Crippen LogP contribution in [0.2, 0.25) is 0 Å². The normalized spacial score (nSPS) is 15.6.